The molecule has 0 atom stereocenters. The van der Waals surface area contributed by atoms with E-state index in [1.54, 1.807) is 13.8 Å². The Morgan fingerprint density at radius 1 is 1.06 bits per heavy atom. The zero-order valence-corrected chi connectivity index (χ0v) is 9.08. The lowest BCUT2D eigenvalue weighted by atomic mass is 9.96. The van der Waals surface area contributed by atoms with Crippen LogP contribution in [0.5, 0.6) is 0 Å². The van der Waals surface area contributed by atoms with E-state index in [9.17, 15) is 17.6 Å². The van der Waals surface area contributed by atoms with E-state index >= 15 is 0 Å². The standard InChI is InChI=1S/C11H13F4N/c1-11(2,16)4-3-6-9(14)7(12)5-8(13)10(6)15/h5H,3-4,16H2,1-2H3. The highest BCUT2D eigenvalue weighted by molar-refractivity contribution is 5.23. The van der Waals surface area contributed by atoms with Crippen molar-refractivity contribution in [2.24, 2.45) is 5.73 Å². The Hall–Kier alpha value is -1.10. The van der Waals surface area contributed by atoms with Crippen LogP contribution >= 0.6 is 0 Å². The largest absolute Gasteiger partial charge is 0.326 e. The highest BCUT2D eigenvalue weighted by Crippen LogP contribution is 2.22. The zero-order chi connectivity index (χ0) is 12.5. The molecule has 0 fully saturated rings. The number of nitrogens with two attached hydrogens (primary N) is 1. The van der Waals surface area contributed by atoms with E-state index in [0.717, 1.165) is 0 Å². The maximum Gasteiger partial charge on any atom is 0.165 e. The van der Waals surface area contributed by atoms with E-state index in [1.807, 2.05) is 0 Å². The number of rotatable bonds is 3. The maximum atomic E-state index is 13.2. The van der Waals surface area contributed by atoms with Gasteiger partial charge in [-0.2, -0.15) is 0 Å². The molecule has 0 radical (unpaired) electrons. The van der Waals surface area contributed by atoms with Gasteiger partial charge in [0.25, 0.3) is 0 Å². The second-order valence-electron chi connectivity index (χ2n) is 4.44. The Kier molecular flexibility index (Phi) is 3.57. The molecule has 0 unspecified atom stereocenters. The van der Waals surface area contributed by atoms with Gasteiger partial charge in [0.2, 0.25) is 0 Å². The fraction of sp³-hybridized carbons (Fsp3) is 0.455. The van der Waals surface area contributed by atoms with Crippen molar-refractivity contribution in [3.63, 3.8) is 0 Å². The number of hydrogen-bond acceptors (Lipinski definition) is 1. The first-order valence-corrected chi connectivity index (χ1v) is 4.83. The first-order valence-electron chi connectivity index (χ1n) is 4.83. The van der Waals surface area contributed by atoms with Gasteiger partial charge in [0.15, 0.2) is 23.3 Å². The summed E-state index contributed by atoms with van der Waals surface area (Å²) < 4.78 is 52.0. The van der Waals surface area contributed by atoms with Crippen LogP contribution in [-0.2, 0) is 6.42 Å². The molecule has 90 valence electrons. The van der Waals surface area contributed by atoms with Gasteiger partial charge in [0, 0.05) is 17.2 Å². The molecule has 0 amide bonds. The Morgan fingerprint density at radius 2 is 1.50 bits per heavy atom. The Morgan fingerprint density at radius 3 is 1.88 bits per heavy atom. The molecule has 0 heterocycles. The molecule has 1 rings (SSSR count). The lowest BCUT2D eigenvalue weighted by molar-refractivity contribution is 0.419. The van der Waals surface area contributed by atoms with Gasteiger partial charge in [-0.15, -0.1) is 0 Å². The first kappa shape index (κ1) is 13.0. The van der Waals surface area contributed by atoms with Crippen LogP contribution in [-0.4, -0.2) is 5.54 Å². The van der Waals surface area contributed by atoms with Gasteiger partial charge in [-0.1, -0.05) is 0 Å². The molecular formula is C11H13F4N. The first-order chi connectivity index (χ1) is 7.22. The van der Waals surface area contributed by atoms with Crippen LogP contribution in [0.4, 0.5) is 17.6 Å². The van der Waals surface area contributed by atoms with Gasteiger partial charge < -0.3 is 5.73 Å². The van der Waals surface area contributed by atoms with E-state index in [1.165, 1.54) is 0 Å². The summed E-state index contributed by atoms with van der Waals surface area (Å²) in [6.45, 7) is 3.33. The quantitative estimate of drug-likeness (QED) is 0.632. The minimum atomic E-state index is -1.39. The average Bonchev–Trinajstić information content (AvgIpc) is 2.13. The molecule has 0 saturated carbocycles. The van der Waals surface area contributed by atoms with E-state index in [4.69, 9.17) is 5.73 Å². The molecule has 5 heteroatoms. The summed E-state index contributed by atoms with van der Waals surface area (Å²) in [7, 11) is 0. The van der Waals surface area contributed by atoms with Crippen LogP contribution in [0, 0.1) is 23.3 Å². The van der Waals surface area contributed by atoms with E-state index in [2.05, 4.69) is 0 Å². The third kappa shape index (κ3) is 2.95. The van der Waals surface area contributed by atoms with Crippen LogP contribution in [0.1, 0.15) is 25.8 Å². The molecular weight excluding hydrogens is 222 g/mol. The van der Waals surface area contributed by atoms with Crippen LogP contribution in [0.3, 0.4) is 0 Å². The van der Waals surface area contributed by atoms with Crippen LogP contribution in [0.15, 0.2) is 6.07 Å². The highest BCUT2D eigenvalue weighted by atomic mass is 19.2. The van der Waals surface area contributed by atoms with E-state index in [0.29, 0.717) is 0 Å². The fourth-order valence-corrected chi connectivity index (χ4v) is 1.29. The minimum Gasteiger partial charge on any atom is -0.326 e. The molecule has 1 nitrogen and oxygen atoms in total. The second kappa shape index (κ2) is 4.41. The lowest BCUT2D eigenvalue weighted by Crippen LogP contribution is -2.32. The Balaban J connectivity index is 3.04. The molecule has 0 aliphatic rings. The molecule has 0 bridgehead atoms. The van der Waals surface area contributed by atoms with Crippen molar-refractivity contribution >= 4 is 0 Å². The maximum absolute atomic E-state index is 13.2. The highest BCUT2D eigenvalue weighted by Gasteiger charge is 2.21. The average molecular weight is 235 g/mol. The zero-order valence-electron chi connectivity index (χ0n) is 9.08. The second-order valence-corrected chi connectivity index (χ2v) is 4.44. The Labute approximate surface area is 91.3 Å². The summed E-state index contributed by atoms with van der Waals surface area (Å²) in [5, 5.41) is 0. The van der Waals surface area contributed by atoms with Crippen molar-refractivity contribution in [3.05, 3.63) is 34.9 Å². The predicted molar refractivity (Wildman–Crippen MR) is 52.9 cm³/mol. The monoisotopic (exact) mass is 235 g/mol. The molecule has 16 heavy (non-hydrogen) atoms. The molecule has 0 saturated heterocycles. The molecule has 0 aliphatic carbocycles. The molecule has 1 aromatic rings. The fourth-order valence-electron chi connectivity index (χ4n) is 1.29. The van der Waals surface area contributed by atoms with E-state index in [-0.39, 0.29) is 18.9 Å². The van der Waals surface area contributed by atoms with Gasteiger partial charge in [-0.05, 0) is 26.7 Å². The smallest absolute Gasteiger partial charge is 0.165 e. The van der Waals surface area contributed by atoms with Crippen molar-refractivity contribution in [1.29, 1.82) is 0 Å². The Bertz CT molecular complexity index is 370. The molecule has 1 aromatic carbocycles. The van der Waals surface area contributed by atoms with Crippen LogP contribution in [0.2, 0.25) is 0 Å². The van der Waals surface area contributed by atoms with Crippen LogP contribution in [0.25, 0.3) is 0 Å². The molecule has 2 N–H and O–H groups in total. The van der Waals surface area contributed by atoms with Gasteiger partial charge in [-0.25, -0.2) is 17.6 Å². The number of benzene rings is 1. The normalized spacial score (nSPS) is 11.9. The summed E-state index contributed by atoms with van der Waals surface area (Å²) >= 11 is 0. The van der Waals surface area contributed by atoms with Gasteiger partial charge in [-0.3, -0.25) is 0 Å². The summed E-state index contributed by atoms with van der Waals surface area (Å²) in [6, 6.07) is 0.196. The van der Waals surface area contributed by atoms with Crippen LogP contribution < -0.4 is 5.73 Å². The molecule has 0 spiro atoms. The number of hydrogen-bond donors (Lipinski definition) is 1. The van der Waals surface area contributed by atoms with Gasteiger partial charge >= 0.3 is 0 Å². The lowest BCUT2D eigenvalue weighted by Gasteiger charge is -2.18. The topological polar surface area (TPSA) is 26.0 Å². The third-order valence-corrected chi connectivity index (χ3v) is 2.22. The van der Waals surface area contributed by atoms with Gasteiger partial charge in [0.1, 0.15) is 0 Å². The van der Waals surface area contributed by atoms with Gasteiger partial charge in [0.05, 0.1) is 0 Å². The minimum absolute atomic E-state index is 0.143. The van der Waals surface area contributed by atoms with Crippen molar-refractivity contribution in [3.8, 4) is 0 Å². The summed E-state index contributed by atoms with van der Waals surface area (Å²) in [6.07, 6.45) is 0.0829. The van der Waals surface area contributed by atoms with Crippen molar-refractivity contribution in [2.75, 3.05) is 0 Å². The SMILES string of the molecule is CC(C)(N)CCc1c(F)c(F)cc(F)c1F. The number of halogens is 4. The van der Waals surface area contributed by atoms with Crippen molar-refractivity contribution in [1.82, 2.24) is 0 Å². The third-order valence-electron chi connectivity index (χ3n) is 2.22. The summed E-state index contributed by atoms with van der Waals surface area (Å²) in [4.78, 5) is 0. The molecule has 0 aromatic heterocycles. The molecule has 0 aliphatic heterocycles. The summed E-state index contributed by atoms with van der Waals surface area (Å²) in [5.41, 5.74) is 4.39. The van der Waals surface area contributed by atoms with Crippen molar-refractivity contribution in [2.45, 2.75) is 32.2 Å². The van der Waals surface area contributed by atoms with E-state index < -0.39 is 34.4 Å². The van der Waals surface area contributed by atoms with Crippen molar-refractivity contribution < 1.29 is 17.6 Å². The summed E-state index contributed by atoms with van der Waals surface area (Å²) in [5.74, 6) is -5.46. The predicted octanol–water partition coefficient (Wildman–Crippen LogP) is 2.91.